The Morgan fingerprint density at radius 2 is 1.74 bits per heavy atom. The fourth-order valence-corrected chi connectivity index (χ4v) is 5.40. The third-order valence-corrected chi connectivity index (χ3v) is 7.08. The summed E-state index contributed by atoms with van der Waals surface area (Å²) in [5.41, 5.74) is 4.19. The highest BCUT2D eigenvalue weighted by atomic mass is 16.5. The van der Waals surface area contributed by atoms with Gasteiger partial charge in [-0.15, -0.1) is 0 Å². The maximum absolute atomic E-state index is 10.6. The fourth-order valence-electron chi connectivity index (χ4n) is 5.40. The number of aliphatic hydroxyl groups is 5. The number of allylic oxidation sites excluding steroid dienone is 2. The molecule has 9 heteroatoms. The summed E-state index contributed by atoms with van der Waals surface area (Å²) in [6.07, 6.45) is -1.89. The van der Waals surface area contributed by atoms with E-state index in [9.17, 15) is 25.5 Å². The van der Waals surface area contributed by atoms with Gasteiger partial charge >= 0.3 is 0 Å². The second-order valence-electron chi connectivity index (χ2n) is 8.92. The van der Waals surface area contributed by atoms with Gasteiger partial charge < -0.3 is 44.5 Å². The van der Waals surface area contributed by atoms with E-state index >= 15 is 0 Å². The van der Waals surface area contributed by atoms with E-state index in [4.69, 9.17) is 18.9 Å². The van der Waals surface area contributed by atoms with Crippen LogP contribution in [0.4, 0.5) is 0 Å². The minimum atomic E-state index is -1.49. The Kier molecular flexibility index (Phi) is 7.85. The lowest BCUT2D eigenvalue weighted by Crippen LogP contribution is -2.55. The number of hydrogen-bond donors (Lipinski definition) is 5. The molecule has 0 aromatic heterocycles. The van der Waals surface area contributed by atoms with Crippen LogP contribution in [0.25, 0.3) is 0 Å². The molecule has 1 aromatic carbocycles. The van der Waals surface area contributed by atoms with E-state index < -0.39 is 37.1 Å². The molecule has 2 heterocycles. The standard InChI is InChI=1S/C26H33O9/c1-4-5-15-21(16(9-27)17-11-34-12-20(33-3)22(15)17)13-6-7-14(18(8-13)32-2)26-25(31)24(30)23(29)19(10-28)35-26/h6-8,11-12,16,19,21,23-31H,1,4-5,9-10H2,2-3H3/t16?,19-,21?,23-,24+,25-,26+/m1/s1. The number of benzene rings is 1. The van der Waals surface area contributed by atoms with Crippen LogP contribution in [-0.2, 0) is 14.2 Å². The molecule has 191 valence electrons. The van der Waals surface area contributed by atoms with E-state index in [0.29, 0.717) is 29.9 Å². The average molecular weight is 490 g/mol. The van der Waals surface area contributed by atoms with Crippen LogP contribution in [0.2, 0.25) is 0 Å². The van der Waals surface area contributed by atoms with Crippen LogP contribution < -0.4 is 4.74 Å². The summed E-state index contributed by atoms with van der Waals surface area (Å²) in [5.74, 6) is 0.538. The molecular weight excluding hydrogens is 456 g/mol. The number of ether oxygens (including phenoxy) is 4. The smallest absolute Gasteiger partial charge is 0.161 e. The van der Waals surface area contributed by atoms with Gasteiger partial charge in [0.1, 0.15) is 42.5 Å². The maximum Gasteiger partial charge on any atom is 0.161 e. The molecule has 1 radical (unpaired) electrons. The first-order chi connectivity index (χ1) is 16.9. The molecule has 1 aromatic rings. The molecule has 0 amide bonds. The van der Waals surface area contributed by atoms with E-state index in [1.54, 1.807) is 25.7 Å². The van der Waals surface area contributed by atoms with Gasteiger partial charge in [-0.1, -0.05) is 24.6 Å². The third-order valence-electron chi connectivity index (χ3n) is 7.08. The molecule has 7 atom stereocenters. The van der Waals surface area contributed by atoms with Crippen molar-refractivity contribution in [3.8, 4) is 5.75 Å². The molecule has 2 unspecified atom stereocenters. The average Bonchev–Trinajstić information content (AvgIpc) is 3.21. The zero-order chi connectivity index (χ0) is 25.3. The van der Waals surface area contributed by atoms with E-state index in [0.717, 1.165) is 22.3 Å². The molecule has 0 spiro atoms. The Hall–Kier alpha value is -2.40. The Morgan fingerprint density at radius 1 is 0.971 bits per heavy atom. The summed E-state index contributed by atoms with van der Waals surface area (Å²) in [6, 6.07) is 5.43. The number of methoxy groups -OCH3 is 2. The van der Waals surface area contributed by atoms with Gasteiger partial charge in [-0.3, -0.25) is 0 Å². The highest BCUT2D eigenvalue weighted by molar-refractivity contribution is 5.59. The number of rotatable bonds is 8. The first-order valence-electron chi connectivity index (χ1n) is 11.6. The first kappa shape index (κ1) is 25.7. The van der Waals surface area contributed by atoms with Crippen LogP contribution in [0.5, 0.6) is 5.75 Å². The molecule has 3 aliphatic rings. The highest BCUT2D eigenvalue weighted by Crippen LogP contribution is 2.53. The molecule has 5 N–H and O–H groups in total. The van der Waals surface area contributed by atoms with Crippen molar-refractivity contribution in [1.29, 1.82) is 0 Å². The minimum absolute atomic E-state index is 0.113. The van der Waals surface area contributed by atoms with Gasteiger partial charge in [0.05, 0.1) is 33.7 Å². The summed E-state index contributed by atoms with van der Waals surface area (Å²) < 4.78 is 22.4. The lowest BCUT2D eigenvalue weighted by molar-refractivity contribution is -0.232. The Labute approximate surface area is 204 Å². The predicted molar refractivity (Wildman–Crippen MR) is 125 cm³/mol. The Balaban J connectivity index is 1.77. The highest BCUT2D eigenvalue weighted by Gasteiger charge is 2.46. The molecule has 1 saturated heterocycles. The second-order valence-corrected chi connectivity index (χ2v) is 8.92. The van der Waals surface area contributed by atoms with Gasteiger partial charge in [0.2, 0.25) is 0 Å². The summed E-state index contributed by atoms with van der Waals surface area (Å²) in [7, 11) is 3.06. The van der Waals surface area contributed by atoms with Gasteiger partial charge in [0, 0.05) is 28.5 Å². The van der Waals surface area contributed by atoms with Crippen LogP contribution in [0.1, 0.15) is 36.0 Å². The summed E-state index contributed by atoms with van der Waals surface area (Å²) in [6.45, 7) is 3.39. The first-order valence-corrected chi connectivity index (χ1v) is 11.6. The molecule has 9 nitrogen and oxygen atoms in total. The minimum Gasteiger partial charge on any atom is -0.496 e. The normalized spacial score (nSPS) is 32.5. The summed E-state index contributed by atoms with van der Waals surface area (Å²) >= 11 is 0. The Morgan fingerprint density at radius 3 is 2.37 bits per heavy atom. The Bertz CT molecular complexity index is 1010. The predicted octanol–water partition coefficient (Wildman–Crippen LogP) is 1.23. The molecule has 0 saturated carbocycles. The van der Waals surface area contributed by atoms with Crippen molar-refractivity contribution < 1.29 is 44.5 Å². The molecule has 35 heavy (non-hydrogen) atoms. The molecule has 1 aliphatic carbocycles. The lowest BCUT2D eigenvalue weighted by Gasteiger charge is -2.40. The quantitative estimate of drug-likeness (QED) is 0.365. The van der Waals surface area contributed by atoms with Gasteiger partial charge in [0.15, 0.2) is 5.76 Å². The number of fused-ring (bicyclic) bond motifs is 1. The van der Waals surface area contributed by atoms with Gasteiger partial charge in [-0.25, -0.2) is 0 Å². The van der Waals surface area contributed by atoms with E-state index in [1.807, 2.05) is 12.1 Å². The van der Waals surface area contributed by atoms with Crippen LogP contribution in [0.3, 0.4) is 0 Å². The van der Waals surface area contributed by atoms with Crippen LogP contribution >= 0.6 is 0 Å². The largest absolute Gasteiger partial charge is 0.496 e. The third kappa shape index (κ3) is 4.37. The fraction of sp³-hybridized carbons (Fsp3) is 0.500. The van der Waals surface area contributed by atoms with Crippen LogP contribution in [0.15, 0.2) is 53.2 Å². The number of hydrogen-bond acceptors (Lipinski definition) is 9. The second kappa shape index (κ2) is 10.7. The van der Waals surface area contributed by atoms with E-state index in [2.05, 4.69) is 6.92 Å². The van der Waals surface area contributed by atoms with Gasteiger partial charge in [-0.2, -0.15) is 0 Å². The maximum atomic E-state index is 10.6. The van der Waals surface area contributed by atoms with E-state index in [1.165, 1.54) is 7.11 Å². The lowest BCUT2D eigenvalue weighted by atomic mass is 9.81. The van der Waals surface area contributed by atoms with Crippen LogP contribution in [-0.4, -0.2) is 77.4 Å². The van der Waals surface area contributed by atoms with Crippen molar-refractivity contribution >= 4 is 0 Å². The van der Waals surface area contributed by atoms with Crippen LogP contribution in [0, 0.1) is 12.8 Å². The van der Waals surface area contributed by atoms with Crippen molar-refractivity contribution in [3.63, 3.8) is 0 Å². The SMILES string of the molecule is [CH2]CCC1=C2C(OC)=COC=C2C(CO)C1c1ccc([C@@H]2O[C@H](CO)[C@@H](O)[C@H](O)[C@H]2O)c(OC)c1. The van der Waals surface area contributed by atoms with Crippen molar-refractivity contribution in [2.75, 3.05) is 27.4 Å². The summed E-state index contributed by atoms with van der Waals surface area (Å²) in [4.78, 5) is 0. The summed E-state index contributed by atoms with van der Waals surface area (Å²) in [5, 5.41) is 50.9. The number of aliphatic hydroxyl groups excluding tert-OH is 5. The van der Waals surface area contributed by atoms with E-state index in [-0.39, 0.29) is 18.4 Å². The molecule has 0 bridgehead atoms. The zero-order valence-electron chi connectivity index (χ0n) is 19.8. The monoisotopic (exact) mass is 489 g/mol. The van der Waals surface area contributed by atoms with Crippen molar-refractivity contribution in [3.05, 3.63) is 71.3 Å². The van der Waals surface area contributed by atoms with Gasteiger partial charge in [-0.05, 0) is 24.5 Å². The molecule has 2 aliphatic heterocycles. The van der Waals surface area contributed by atoms with Crippen molar-refractivity contribution in [2.24, 2.45) is 5.92 Å². The van der Waals surface area contributed by atoms with Crippen molar-refractivity contribution in [1.82, 2.24) is 0 Å². The molecule has 1 fully saturated rings. The van der Waals surface area contributed by atoms with Gasteiger partial charge in [0.25, 0.3) is 0 Å². The van der Waals surface area contributed by atoms with Crippen molar-refractivity contribution in [2.45, 2.75) is 49.3 Å². The molecular formula is C26H33O9. The zero-order valence-corrected chi connectivity index (χ0v) is 19.8. The topological polar surface area (TPSA) is 138 Å². The molecule has 4 rings (SSSR count).